The third-order valence-corrected chi connectivity index (χ3v) is 2.82. The highest BCUT2D eigenvalue weighted by molar-refractivity contribution is 6.35. The maximum absolute atomic E-state index is 12.1. The molecule has 4 N–H and O–H groups in total. The summed E-state index contributed by atoms with van der Waals surface area (Å²) < 4.78 is 0. The van der Waals surface area contributed by atoms with Crippen molar-refractivity contribution in [1.82, 2.24) is 5.32 Å². The monoisotopic (exact) mass is 280 g/mol. The molecule has 0 spiro atoms. The lowest BCUT2D eigenvalue weighted by Gasteiger charge is -2.24. The van der Waals surface area contributed by atoms with Crippen LogP contribution in [0.25, 0.3) is 0 Å². The predicted molar refractivity (Wildman–Crippen MR) is 78.8 cm³/mol. The quantitative estimate of drug-likeness (QED) is 0.450. The first-order valence-electron chi connectivity index (χ1n) is 5.83. The summed E-state index contributed by atoms with van der Waals surface area (Å²) in [7, 11) is 0. The van der Waals surface area contributed by atoms with Crippen molar-refractivity contribution < 1.29 is 4.79 Å². The number of benzene rings is 1. The first-order valence-corrected chi connectivity index (χ1v) is 6.21. The number of nitrogens with zero attached hydrogens (tertiary/aromatic N) is 1. The van der Waals surface area contributed by atoms with Gasteiger partial charge in [-0.1, -0.05) is 36.7 Å². The van der Waals surface area contributed by atoms with E-state index in [4.69, 9.17) is 22.7 Å². The first-order chi connectivity index (χ1) is 9.02. The molecule has 2 amide bonds. The number of halogens is 1. The largest absolute Gasteiger partial charge is 0.369 e. The lowest BCUT2D eigenvalue weighted by Crippen LogP contribution is -2.47. The molecule has 0 aliphatic carbocycles. The standard InChI is InChI=1S/C13H17ClN4O/c1-3-8-17-13(19)18(12(15)16)11-9(4-2)6-5-7-10(11)14/h3,5-7H,1,4,8H2,2H3,(H3,15,16)(H,17,19). The van der Waals surface area contributed by atoms with E-state index in [1.54, 1.807) is 18.2 Å². The summed E-state index contributed by atoms with van der Waals surface area (Å²) in [5.41, 5.74) is 6.79. The summed E-state index contributed by atoms with van der Waals surface area (Å²) in [6, 6.07) is 4.80. The molecule has 1 aromatic rings. The fourth-order valence-corrected chi connectivity index (χ4v) is 1.94. The Bertz CT molecular complexity index is 501. The fraction of sp³-hybridized carbons (Fsp3) is 0.231. The number of aryl methyl sites for hydroxylation is 1. The smallest absolute Gasteiger partial charge is 0.329 e. The van der Waals surface area contributed by atoms with E-state index in [2.05, 4.69) is 11.9 Å². The summed E-state index contributed by atoms with van der Waals surface area (Å²) in [6.07, 6.45) is 2.22. The Morgan fingerprint density at radius 1 is 1.63 bits per heavy atom. The van der Waals surface area contributed by atoms with Crippen LogP contribution < -0.4 is 16.0 Å². The van der Waals surface area contributed by atoms with Gasteiger partial charge in [-0.05, 0) is 18.1 Å². The minimum absolute atomic E-state index is 0.286. The maximum atomic E-state index is 12.1. The van der Waals surface area contributed by atoms with E-state index in [-0.39, 0.29) is 12.5 Å². The number of carbonyl (C=O) groups excluding carboxylic acids is 1. The number of amides is 2. The van der Waals surface area contributed by atoms with Crippen molar-refractivity contribution in [3.8, 4) is 0 Å². The van der Waals surface area contributed by atoms with Crippen molar-refractivity contribution in [3.05, 3.63) is 41.4 Å². The van der Waals surface area contributed by atoms with Crippen molar-refractivity contribution >= 4 is 29.3 Å². The molecule has 1 aromatic carbocycles. The molecule has 1 rings (SSSR count). The summed E-state index contributed by atoms with van der Waals surface area (Å²) in [6.45, 7) is 5.74. The van der Waals surface area contributed by atoms with Gasteiger partial charge >= 0.3 is 6.03 Å². The summed E-state index contributed by atoms with van der Waals surface area (Å²) in [5, 5.41) is 10.5. The van der Waals surface area contributed by atoms with Gasteiger partial charge in [-0.3, -0.25) is 5.41 Å². The summed E-state index contributed by atoms with van der Waals surface area (Å²) >= 11 is 6.13. The Labute approximate surface area is 117 Å². The number of hydrogen-bond acceptors (Lipinski definition) is 2. The zero-order valence-electron chi connectivity index (χ0n) is 10.7. The number of rotatable bonds is 4. The molecule has 19 heavy (non-hydrogen) atoms. The van der Waals surface area contributed by atoms with Crippen molar-refractivity contribution in [2.24, 2.45) is 5.73 Å². The number of urea groups is 1. The van der Waals surface area contributed by atoms with Gasteiger partial charge in [0.1, 0.15) is 0 Å². The second-order valence-electron chi connectivity index (χ2n) is 3.80. The molecule has 0 bridgehead atoms. The molecule has 0 heterocycles. The van der Waals surface area contributed by atoms with Gasteiger partial charge in [0.15, 0.2) is 0 Å². The van der Waals surface area contributed by atoms with E-state index in [9.17, 15) is 4.79 Å². The van der Waals surface area contributed by atoms with Crippen LogP contribution >= 0.6 is 11.6 Å². The SMILES string of the molecule is C=CCNC(=O)N(C(=N)N)c1c(Cl)cccc1CC. The van der Waals surface area contributed by atoms with E-state index >= 15 is 0 Å². The van der Waals surface area contributed by atoms with Crippen LogP contribution in [0.1, 0.15) is 12.5 Å². The van der Waals surface area contributed by atoms with Crippen molar-refractivity contribution in [2.75, 3.05) is 11.4 Å². The highest BCUT2D eigenvalue weighted by atomic mass is 35.5. The molecule has 0 radical (unpaired) electrons. The van der Waals surface area contributed by atoms with E-state index in [1.807, 2.05) is 13.0 Å². The van der Waals surface area contributed by atoms with Gasteiger partial charge in [0, 0.05) is 6.54 Å². The van der Waals surface area contributed by atoms with E-state index < -0.39 is 6.03 Å². The molecule has 102 valence electrons. The van der Waals surface area contributed by atoms with Crippen LogP contribution in [0.3, 0.4) is 0 Å². The average Bonchev–Trinajstić information content (AvgIpc) is 2.38. The Kier molecular flexibility index (Phi) is 5.38. The normalized spacial score (nSPS) is 9.79. The molecule has 0 saturated heterocycles. The highest BCUT2D eigenvalue weighted by Crippen LogP contribution is 2.30. The van der Waals surface area contributed by atoms with Crippen LogP contribution in [0.5, 0.6) is 0 Å². The third-order valence-electron chi connectivity index (χ3n) is 2.52. The van der Waals surface area contributed by atoms with Crippen LogP contribution in [0, 0.1) is 5.41 Å². The first kappa shape index (κ1) is 15.0. The van der Waals surface area contributed by atoms with E-state index in [0.717, 1.165) is 10.5 Å². The van der Waals surface area contributed by atoms with Gasteiger partial charge < -0.3 is 11.1 Å². The minimum atomic E-state index is -0.504. The Morgan fingerprint density at radius 3 is 2.84 bits per heavy atom. The lowest BCUT2D eigenvalue weighted by molar-refractivity contribution is 0.250. The van der Waals surface area contributed by atoms with Gasteiger partial charge in [-0.2, -0.15) is 0 Å². The van der Waals surface area contributed by atoms with Crippen LogP contribution in [0.2, 0.25) is 5.02 Å². The Hall–Kier alpha value is -2.01. The maximum Gasteiger partial charge on any atom is 0.329 e. The molecular weight excluding hydrogens is 264 g/mol. The van der Waals surface area contributed by atoms with Gasteiger partial charge in [0.25, 0.3) is 0 Å². The van der Waals surface area contributed by atoms with Gasteiger partial charge in [0.05, 0.1) is 10.7 Å². The third kappa shape index (κ3) is 3.48. The second-order valence-corrected chi connectivity index (χ2v) is 4.20. The Morgan fingerprint density at radius 2 is 2.32 bits per heavy atom. The van der Waals surface area contributed by atoms with Gasteiger partial charge in [-0.25, -0.2) is 9.69 Å². The van der Waals surface area contributed by atoms with Crippen LogP contribution in [0.15, 0.2) is 30.9 Å². The van der Waals surface area contributed by atoms with Crippen molar-refractivity contribution in [2.45, 2.75) is 13.3 Å². The van der Waals surface area contributed by atoms with Crippen LogP contribution in [-0.2, 0) is 6.42 Å². The van der Waals surface area contributed by atoms with Gasteiger partial charge in [0.2, 0.25) is 5.96 Å². The molecule has 0 aliphatic heterocycles. The zero-order valence-corrected chi connectivity index (χ0v) is 11.5. The van der Waals surface area contributed by atoms with E-state index in [1.165, 1.54) is 0 Å². The van der Waals surface area contributed by atoms with Crippen molar-refractivity contribution in [3.63, 3.8) is 0 Å². The molecule has 0 aliphatic rings. The van der Waals surface area contributed by atoms with Crippen LogP contribution in [0.4, 0.5) is 10.5 Å². The van der Waals surface area contributed by atoms with E-state index in [0.29, 0.717) is 17.1 Å². The molecule has 0 atom stereocenters. The zero-order chi connectivity index (χ0) is 14.4. The van der Waals surface area contributed by atoms with Crippen molar-refractivity contribution in [1.29, 1.82) is 5.41 Å². The summed E-state index contributed by atoms with van der Waals surface area (Å²) in [5.74, 6) is -0.385. The second kappa shape index (κ2) is 6.80. The molecule has 0 unspecified atom stereocenters. The van der Waals surface area contributed by atoms with Crippen LogP contribution in [-0.4, -0.2) is 18.5 Å². The Balaban J connectivity index is 3.23. The topological polar surface area (TPSA) is 82.2 Å². The fourth-order valence-electron chi connectivity index (χ4n) is 1.67. The molecule has 5 nitrogen and oxygen atoms in total. The molecule has 0 saturated carbocycles. The lowest BCUT2D eigenvalue weighted by atomic mass is 10.1. The highest BCUT2D eigenvalue weighted by Gasteiger charge is 2.23. The molecule has 0 aromatic heterocycles. The number of anilines is 1. The minimum Gasteiger partial charge on any atom is -0.369 e. The number of hydrogen-bond donors (Lipinski definition) is 3. The number of nitrogens with two attached hydrogens (primary N) is 1. The number of para-hydroxylation sites is 1. The number of carbonyl (C=O) groups is 1. The summed E-state index contributed by atoms with van der Waals surface area (Å²) in [4.78, 5) is 13.1. The molecular formula is C13H17ClN4O. The predicted octanol–water partition coefficient (Wildman–Crippen LogP) is 2.50. The molecule has 0 fully saturated rings. The average molecular weight is 281 g/mol. The molecule has 6 heteroatoms. The number of nitrogens with one attached hydrogen (secondary N) is 2. The number of guanidine groups is 1. The van der Waals surface area contributed by atoms with Gasteiger partial charge in [-0.15, -0.1) is 6.58 Å².